The van der Waals surface area contributed by atoms with Gasteiger partial charge in [0.2, 0.25) is 0 Å². The first-order valence-electron chi connectivity index (χ1n) is 7.04. The van der Waals surface area contributed by atoms with E-state index >= 15 is 0 Å². The first kappa shape index (κ1) is 12.1. The first-order valence-corrected chi connectivity index (χ1v) is 7.04. The van der Waals surface area contributed by atoms with E-state index in [1.54, 1.807) is 6.07 Å². The second kappa shape index (κ2) is 4.16. The minimum absolute atomic E-state index is 0.288. The number of H-pyrrole nitrogens is 2. The van der Waals surface area contributed by atoms with Crippen LogP contribution in [0.3, 0.4) is 0 Å². The molecule has 0 amide bonds. The Hall–Kier alpha value is -2.68. The molecule has 2 heterocycles. The van der Waals surface area contributed by atoms with Crippen molar-refractivity contribution in [2.45, 2.75) is 13.8 Å². The van der Waals surface area contributed by atoms with Crippen molar-refractivity contribution in [2.24, 2.45) is 0 Å². The van der Waals surface area contributed by atoms with E-state index in [1.807, 2.05) is 18.3 Å². The summed E-state index contributed by atoms with van der Waals surface area (Å²) in [7, 11) is 0. The molecule has 0 radical (unpaired) electrons. The molecule has 0 aliphatic carbocycles. The molecule has 3 heteroatoms. The fourth-order valence-corrected chi connectivity index (χ4v) is 3.16. The highest BCUT2D eigenvalue weighted by atomic mass is 16.3. The van der Waals surface area contributed by atoms with Gasteiger partial charge < -0.3 is 15.1 Å². The van der Waals surface area contributed by atoms with E-state index in [0.717, 1.165) is 33.2 Å². The van der Waals surface area contributed by atoms with Crippen molar-refractivity contribution < 1.29 is 5.11 Å². The second-order valence-corrected chi connectivity index (χ2v) is 5.52. The van der Waals surface area contributed by atoms with E-state index in [4.69, 9.17) is 0 Å². The maximum Gasteiger partial charge on any atom is 0.139 e. The summed E-state index contributed by atoms with van der Waals surface area (Å²) in [4.78, 5) is 6.67. The molecule has 0 aliphatic heterocycles. The molecule has 3 nitrogen and oxygen atoms in total. The Morgan fingerprint density at radius 1 is 1.00 bits per heavy atom. The number of hydrogen-bond acceptors (Lipinski definition) is 1. The highest BCUT2D eigenvalue weighted by molar-refractivity contribution is 6.03. The molecule has 0 unspecified atom stereocenters. The Bertz CT molecular complexity index is 976. The zero-order chi connectivity index (χ0) is 14.6. The van der Waals surface area contributed by atoms with Gasteiger partial charge in [0.15, 0.2) is 0 Å². The molecule has 0 spiro atoms. The minimum Gasteiger partial charge on any atom is -0.506 e. The number of aromatic hydroxyl groups is 1. The van der Waals surface area contributed by atoms with Crippen LogP contribution >= 0.6 is 0 Å². The minimum atomic E-state index is 0.288. The number of para-hydroxylation sites is 1. The number of hydrogen-bond donors (Lipinski definition) is 3. The third kappa shape index (κ3) is 1.61. The van der Waals surface area contributed by atoms with Crippen molar-refractivity contribution in [3.8, 4) is 17.0 Å². The molecule has 0 atom stereocenters. The Morgan fingerprint density at radius 2 is 1.81 bits per heavy atom. The molecule has 0 aliphatic rings. The van der Waals surface area contributed by atoms with E-state index in [9.17, 15) is 5.11 Å². The molecule has 3 N–H and O–H groups in total. The van der Waals surface area contributed by atoms with Gasteiger partial charge in [-0.05, 0) is 43.2 Å². The molecule has 0 saturated heterocycles. The predicted molar refractivity (Wildman–Crippen MR) is 86.7 cm³/mol. The zero-order valence-corrected chi connectivity index (χ0v) is 12.0. The monoisotopic (exact) mass is 276 g/mol. The van der Waals surface area contributed by atoms with Crippen molar-refractivity contribution in [3.63, 3.8) is 0 Å². The quantitative estimate of drug-likeness (QED) is 0.466. The highest BCUT2D eigenvalue weighted by Gasteiger charge is 2.15. The number of rotatable bonds is 1. The van der Waals surface area contributed by atoms with Gasteiger partial charge in [-0.25, -0.2) is 0 Å². The maximum absolute atomic E-state index is 10.0. The largest absolute Gasteiger partial charge is 0.506 e. The topological polar surface area (TPSA) is 51.8 Å². The normalized spacial score (nSPS) is 11.5. The number of aromatic nitrogens is 2. The Labute approximate surface area is 122 Å². The lowest BCUT2D eigenvalue weighted by Gasteiger charge is -2.06. The first-order chi connectivity index (χ1) is 10.2. The summed E-state index contributed by atoms with van der Waals surface area (Å²) in [6.45, 7) is 4.19. The van der Waals surface area contributed by atoms with Crippen LogP contribution in [0.5, 0.6) is 5.75 Å². The number of phenolic OH excluding ortho intramolecular Hbond substituents is 1. The number of phenols is 1. The van der Waals surface area contributed by atoms with Crippen LogP contribution in [0.2, 0.25) is 0 Å². The van der Waals surface area contributed by atoms with Gasteiger partial charge in [0.05, 0.1) is 11.2 Å². The maximum atomic E-state index is 10.0. The summed E-state index contributed by atoms with van der Waals surface area (Å²) in [5, 5.41) is 12.3. The number of nitrogens with one attached hydrogen (secondary N) is 2. The summed E-state index contributed by atoms with van der Waals surface area (Å²) in [5.74, 6) is 0.288. The molecule has 0 fully saturated rings. The smallest absolute Gasteiger partial charge is 0.139 e. The van der Waals surface area contributed by atoms with Crippen molar-refractivity contribution in [1.82, 2.24) is 9.97 Å². The summed E-state index contributed by atoms with van der Waals surface area (Å²) in [6, 6.07) is 12.0. The van der Waals surface area contributed by atoms with Crippen LogP contribution in [0.1, 0.15) is 11.1 Å². The third-order valence-electron chi connectivity index (χ3n) is 4.25. The van der Waals surface area contributed by atoms with E-state index < -0.39 is 0 Å². The summed E-state index contributed by atoms with van der Waals surface area (Å²) < 4.78 is 0. The van der Waals surface area contributed by atoms with Crippen molar-refractivity contribution in [1.29, 1.82) is 0 Å². The van der Waals surface area contributed by atoms with Gasteiger partial charge >= 0.3 is 0 Å². The van der Waals surface area contributed by atoms with E-state index in [2.05, 4.69) is 42.0 Å². The van der Waals surface area contributed by atoms with Gasteiger partial charge in [-0.2, -0.15) is 0 Å². The summed E-state index contributed by atoms with van der Waals surface area (Å²) in [6.07, 6.45) is 1.94. The molecule has 4 aromatic rings. The molecule has 104 valence electrons. The van der Waals surface area contributed by atoms with Crippen molar-refractivity contribution >= 4 is 21.8 Å². The van der Waals surface area contributed by atoms with Crippen LogP contribution < -0.4 is 0 Å². The van der Waals surface area contributed by atoms with E-state index in [0.29, 0.717) is 0 Å². The lowest BCUT2D eigenvalue weighted by molar-refractivity contribution is 0.480. The predicted octanol–water partition coefficient (Wildman–Crippen LogP) is 4.64. The van der Waals surface area contributed by atoms with Gasteiger partial charge in [-0.15, -0.1) is 0 Å². The second-order valence-electron chi connectivity index (χ2n) is 5.52. The molecule has 0 bridgehead atoms. The lowest BCUT2D eigenvalue weighted by Crippen LogP contribution is -1.84. The standard InChI is InChI=1S/C18H16N2O/c1-10-9-19-18-15(21)8-7-13(16(10)18)17-11(2)12-5-3-4-6-14(12)20-17/h3-9,19-21H,1-2H3. The van der Waals surface area contributed by atoms with Crippen LogP contribution in [-0.2, 0) is 0 Å². The highest BCUT2D eigenvalue weighted by Crippen LogP contribution is 2.38. The average molecular weight is 276 g/mol. The average Bonchev–Trinajstić information content (AvgIpc) is 3.03. The Balaban J connectivity index is 2.12. The molecular weight excluding hydrogens is 260 g/mol. The lowest BCUT2D eigenvalue weighted by atomic mass is 10.0. The van der Waals surface area contributed by atoms with E-state index in [1.165, 1.54) is 10.9 Å². The number of fused-ring (bicyclic) bond motifs is 2. The third-order valence-corrected chi connectivity index (χ3v) is 4.25. The number of aromatic amines is 2. The summed E-state index contributed by atoms with van der Waals surface area (Å²) in [5.41, 5.74) is 6.54. The van der Waals surface area contributed by atoms with Gasteiger partial charge in [0.25, 0.3) is 0 Å². The van der Waals surface area contributed by atoms with Gasteiger partial charge in [-0.1, -0.05) is 18.2 Å². The molecule has 0 saturated carbocycles. The fourth-order valence-electron chi connectivity index (χ4n) is 3.16. The van der Waals surface area contributed by atoms with Crippen LogP contribution in [0.4, 0.5) is 0 Å². The SMILES string of the molecule is Cc1c(-c2ccc(O)c3[nH]cc(C)c23)[nH]c2ccccc12. The summed E-state index contributed by atoms with van der Waals surface area (Å²) >= 11 is 0. The van der Waals surface area contributed by atoms with Gasteiger partial charge in [-0.3, -0.25) is 0 Å². The molecule has 2 aromatic heterocycles. The van der Waals surface area contributed by atoms with Crippen LogP contribution in [0, 0.1) is 13.8 Å². The Kier molecular flexibility index (Phi) is 2.39. The number of benzene rings is 2. The Morgan fingerprint density at radius 3 is 2.62 bits per heavy atom. The van der Waals surface area contributed by atoms with Crippen LogP contribution in [0.15, 0.2) is 42.6 Å². The van der Waals surface area contributed by atoms with E-state index in [-0.39, 0.29) is 5.75 Å². The number of aryl methyl sites for hydroxylation is 2. The zero-order valence-electron chi connectivity index (χ0n) is 12.0. The van der Waals surface area contributed by atoms with Crippen molar-refractivity contribution in [3.05, 3.63) is 53.7 Å². The fraction of sp³-hybridized carbons (Fsp3) is 0.111. The molecular formula is C18H16N2O. The van der Waals surface area contributed by atoms with Crippen LogP contribution in [0.25, 0.3) is 33.1 Å². The molecule has 21 heavy (non-hydrogen) atoms. The van der Waals surface area contributed by atoms with Crippen molar-refractivity contribution in [2.75, 3.05) is 0 Å². The molecule has 2 aromatic carbocycles. The van der Waals surface area contributed by atoms with Gasteiger partial charge in [0.1, 0.15) is 5.75 Å². The molecule has 4 rings (SSSR count). The van der Waals surface area contributed by atoms with Gasteiger partial charge in [0, 0.05) is 28.0 Å². The van der Waals surface area contributed by atoms with Crippen LogP contribution in [-0.4, -0.2) is 15.1 Å².